The first-order valence-electron chi connectivity index (χ1n) is 3.62. The number of non-ortho nitro benzene ring substituents is 1. The van der Waals surface area contributed by atoms with Gasteiger partial charge in [-0.1, -0.05) is 5.92 Å². The van der Waals surface area contributed by atoms with E-state index in [1.54, 1.807) is 6.07 Å². The molecule has 0 aliphatic heterocycles. The molecule has 4 heteroatoms. The Morgan fingerprint density at radius 2 is 2.23 bits per heavy atom. The molecular weight excluding hydrogens is 168 g/mol. The van der Waals surface area contributed by atoms with Crippen molar-refractivity contribution < 1.29 is 4.92 Å². The monoisotopic (exact) mass is 176 g/mol. The summed E-state index contributed by atoms with van der Waals surface area (Å²) in [5, 5.41) is 10.4. The van der Waals surface area contributed by atoms with E-state index in [-0.39, 0.29) is 12.2 Å². The molecule has 1 aromatic carbocycles. The molecule has 0 unspecified atom stereocenters. The van der Waals surface area contributed by atoms with Crippen LogP contribution in [-0.4, -0.2) is 4.92 Å². The maximum absolute atomic E-state index is 10.4. The Kier molecular flexibility index (Phi) is 2.62. The summed E-state index contributed by atoms with van der Waals surface area (Å²) in [7, 11) is 0. The van der Waals surface area contributed by atoms with Crippen molar-refractivity contribution in [3.8, 4) is 12.3 Å². The van der Waals surface area contributed by atoms with Crippen LogP contribution in [-0.2, 0) is 6.54 Å². The molecule has 0 saturated heterocycles. The minimum atomic E-state index is -0.486. The van der Waals surface area contributed by atoms with Gasteiger partial charge in [-0.15, -0.1) is 6.42 Å². The van der Waals surface area contributed by atoms with Gasteiger partial charge in [0.1, 0.15) is 0 Å². The predicted octanol–water partition coefficient (Wildman–Crippen LogP) is 1.03. The fraction of sp³-hybridized carbons (Fsp3) is 0.111. The minimum absolute atomic E-state index is 0.0177. The van der Waals surface area contributed by atoms with Crippen LogP contribution in [0, 0.1) is 22.5 Å². The fourth-order valence-corrected chi connectivity index (χ4v) is 0.981. The van der Waals surface area contributed by atoms with Crippen molar-refractivity contribution in [2.45, 2.75) is 6.54 Å². The van der Waals surface area contributed by atoms with Crippen molar-refractivity contribution in [1.82, 2.24) is 0 Å². The van der Waals surface area contributed by atoms with E-state index in [2.05, 4.69) is 5.92 Å². The quantitative estimate of drug-likeness (QED) is 0.415. The smallest absolute Gasteiger partial charge is 0.270 e. The first-order chi connectivity index (χ1) is 6.17. The second-order valence-electron chi connectivity index (χ2n) is 2.49. The zero-order chi connectivity index (χ0) is 9.84. The average Bonchev–Trinajstić information content (AvgIpc) is 2.16. The van der Waals surface area contributed by atoms with Crippen molar-refractivity contribution in [1.29, 1.82) is 0 Å². The van der Waals surface area contributed by atoms with E-state index in [4.69, 9.17) is 12.2 Å². The van der Waals surface area contributed by atoms with E-state index >= 15 is 0 Å². The summed E-state index contributed by atoms with van der Waals surface area (Å²) in [5.74, 6) is 2.34. The Morgan fingerprint density at radius 1 is 1.54 bits per heavy atom. The third-order valence-corrected chi connectivity index (χ3v) is 1.59. The van der Waals surface area contributed by atoms with Gasteiger partial charge < -0.3 is 5.73 Å². The number of hydrogen-bond acceptors (Lipinski definition) is 3. The summed E-state index contributed by atoms with van der Waals surface area (Å²) < 4.78 is 0. The second-order valence-corrected chi connectivity index (χ2v) is 2.49. The van der Waals surface area contributed by atoms with Crippen molar-refractivity contribution in [2.75, 3.05) is 0 Å². The van der Waals surface area contributed by atoms with Gasteiger partial charge in [0, 0.05) is 24.2 Å². The number of nitro groups is 1. The maximum Gasteiger partial charge on any atom is 0.270 e. The molecule has 66 valence electrons. The SMILES string of the molecule is C#Cc1cc(CN)cc([N+](=O)[O-])c1. The topological polar surface area (TPSA) is 69.2 Å². The molecule has 0 atom stereocenters. The molecule has 0 saturated carbocycles. The van der Waals surface area contributed by atoms with Gasteiger partial charge in [-0.2, -0.15) is 0 Å². The zero-order valence-electron chi connectivity index (χ0n) is 6.86. The number of terminal acetylenes is 1. The molecule has 0 radical (unpaired) electrons. The molecule has 0 fully saturated rings. The number of benzene rings is 1. The number of nitro benzene ring substituents is 1. The van der Waals surface area contributed by atoms with Gasteiger partial charge in [-0.05, 0) is 11.6 Å². The van der Waals surface area contributed by atoms with Gasteiger partial charge in [0.2, 0.25) is 0 Å². The van der Waals surface area contributed by atoms with E-state index < -0.39 is 4.92 Å². The van der Waals surface area contributed by atoms with Crippen LogP contribution >= 0.6 is 0 Å². The van der Waals surface area contributed by atoms with Crippen LogP contribution < -0.4 is 5.73 Å². The molecule has 0 heterocycles. The second kappa shape index (κ2) is 3.70. The normalized spacial score (nSPS) is 9.23. The van der Waals surface area contributed by atoms with Crippen LogP contribution in [0.2, 0.25) is 0 Å². The first kappa shape index (κ1) is 9.23. The summed E-state index contributed by atoms with van der Waals surface area (Å²) in [5.41, 5.74) is 6.48. The number of nitrogens with two attached hydrogens (primary N) is 1. The summed E-state index contributed by atoms with van der Waals surface area (Å²) in [4.78, 5) is 9.95. The van der Waals surface area contributed by atoms with Gasteiger partial charge >= 0.3 is 0 Å². The summed E-state index contributed by atoms with van der Waals surface area (Å²) in [6.07, 6.45) is 5.13. The van der Waals surface area contributed by atoms with E-state index in [1.807, 2.05) is 0 Å². The van der Waals surface area contributed by atoms with Crippen LogP contribution in [0.5, 0.6) is 0 Å². The van der Waals surface area contributed by atoms with E-state index in [9.17, 15) is 10.1 Å². The Hall–Kier alpha value is -1.86. The fourth-order valence-electron chi connectivity index (χ4n) is 0.981. The van der Waals surface area contributed by atoms with E-state index in [1.165, 1.54) is 12.1 Å². The lowest BCUT2D eigenvalue weighted by atomic mass is 10.1. The number of nitrogens with zero attached hydrogens (tertiary/aromatic N) is 1. The predicted molar refractivity (Wildman–Crippen MR) is 48.9 cm³/mol. The minimum Gasteiger partial charge on any atom is -0.326 e. The lowest BCUT2D eigenvalue weighted by Gasteiger charge is -1.98. The van der Waals surface area contributed by atoms with Crippen LogP contribution in [0.3, 0.4) is 0 Å². The van der Waals surface area contributed by atoms with E-state index in [0.717, 1.165) is 0 Å². The van der Waals surface area contributed by atoms with Crippen LogP contribution in [0.15, 0.2) is 18.2 Å². The van der Waals surface area contributed by atoms with Gasteiger partial charge in [-0.3, -0.25) is 10.1 Å². The summed E-state index contributed by atoms with van der Waals surface area (Å²) >= 11 is 0. The molecular formula is C9H8N2O2. The van der Waals surface area contributed by atoms with Crippen molar-refractivity contribution in [3.05, 3.63) is 39.4 Å². The summed E-state index contributed by atoms with van der Waals surface area (Å²) in [6.45, 7) is 0.246. The summed E-state index contributed by atoms with van der Waals surface area (Å²) in [6, 6.07) is 4.42. The molecule has 0 spiro atoms. The number of hydrogen-bond donors (Lipinski definition) is 1. The Balaban J connectivity index is 3.24. The highest BCUT2D eigenvalue weighted by atomic mass is 16.6. The van der Waals surface area contributed by atoms with Gasteiger partial charge in [0.25, 0.3) is 5.69 Å². The molecule has 0 amide bonds. The lowest BCUT2D eigenvalue weighted by Crippen LogP contribution is -1.98. The Morgan fingerprint density at radius 3 is 2.69 bits per heavy atom. The third-order valence-electron chi connectivity index (χ3n) is 1.59. The molecule has 0 aliphatic carbocycles. The maximum atomic E-state index is 10.4. The highest BCUT2D eigenvalue weighted by molar-refractivity contribution is 5.45. The molecule has 1 rings (SSSR count). The van der Waals surface area contributed by atoms with Gasteiger partial charge in [-0.25, -0.2) is 0 Å². The molecule has 2 N–H and O–H groups in total. The van der Waals surface area contributed by atoms with Crippen LogP contribution in [0.4, 0.5) is 5.69 Å². The standard InChI is InChI=1S/C9H8N2O2/c1-2-7-3-8(6-10)5-9(4-7)11(12)13/h1,3-5H,6,10H2. The molecule has 1 aromatic rings. The Labute approximate surface area is 75.5 Å². The first-order valence-corrected chi connectivity index (χ1v) is 3.62. The molecule has 4 nitrogen and oxygen atoms in total. The lowest BCUT2D eigenvalue weighted by molar-refractivity contribution is -0.384. The molecule has 0 aromatic heterocycles. The molecule has 13 heavy (non-hydrogen) atoms. The Bertz CT molecular complexity index is 380. The van der Waals surface area contributed by atoms with Crippen LogP contribution in [0.25, 0.3) is 0 Å². The van der Waals surface area contributed by atoms with E-state index in [0.29, 0.717) is 11.1 Å². The average molecular weight is 176 g/mol. The number of rotatable bonds is 2. The zero-order valence-corrected chi connectivity index (χ0v) is 6.86. The van der Waals surface area contributed by atoms with Crippen molar-refractivity contribution in [2.24, 2.45) is 5.73 Å². The van der Waals surface area contributed by atoms with Crippen molar-refractivity contribution in [3.63, 3.8) is 0 Å². The van der Waals surface area contributed by atoms with Crippen LogP contribution in [0.1, 0.15) is 11.1 Å². The third kappa shape index (κ3) is 2.04. The largest absolute Gasteiger partial charge is 0.326 e. The van der Waals surface area contributed by atoms with Crippen molar-refractivity contribution >= 4 is 5.69 Å². The highest BCUT2D eigenvalue weighted by Gasteiger charge is 2.07. The van der Waals surface area contributed by atoms with Gasteiger partial charge in [0.05, 0.1) is 4.92 Å². The van der Waals surface area contributed by atoms with Gasteiger partial charge in [0.15, 0.2) is 0 Å². The molecule has 0 aliphatic rings. The highest BCUT2D eigenvalue weighted by Crippen LogP contribution is 2.16. The molecule has 0 bridgehead atoms.